The number of aliphatic hydroxyl groups excluding tert-OH is 1. The molecule has 0 unspecified atom stereocenters. The molecule has 0 aliphatic heterocycles. The van der Waals surface area contributed by atoms with Gasteiger partial charge in [-0.1, -0.05) is 25.1 Å². The Kier molecular flexibility index (Phi) is 7.61. The Morgan fingerprint density at radius 3 is 2.70 bits per heavy atom. The Hall–Kier alpha value is -2.60. The van der Waals surface area contributed by atoms with E-state index in [0.29, 0.717) is 36.0 Å². The Bertz CT molecular complexity index is 785. The first-order valence-corrected chi connectivity index (χ1v) is 9.39. The average molecular weight is 370 g/mol. The van der Waals surface area contributed by atoms with Gasteiger partial charge in [0.1, 0.15) is 11.8 Å². The Labute approximate surface area is 160 Å². The molecule has 3 rings (SSSR count). The second-order valence-electron chi connectivity index (χ2n) is 6.61. The standard InChI is InChI=1S/C18H24N4O2.C3H6/c1-3-16(24-13-9-8-12(23)10-13)22-17(11(2)19)18-20-14-6-4-5-7-15(14)21-18;1-3-2/h4-7,12-13,23H,3,8-10,19H2,1-2H3,(H,20,21);3H,1H2,2H3/b17-11+,22-16?;/t12-,13+;/m0./s1. The van der Waals surface area contributed by atoms with E-state index in [1.54, 1.807) is 13.0 Å². The minimum absolute atomic E-state index is 0.0219. The zero-order valence-electron chi connectivity index (χ0n) is 16.4. The van der Waals surface area contributed by atoms with Gasteiger partial charge in [0, 0.05) is 18.5 Å². The molecule has 0 spiro atoms. The summed E-state index contributed by atoms with van der Waals surface area (Å²) in [4.78, 5) is 12.4. The molecule has 0 saturated heterocycles. The maximum atomic E-state index is 9.65. The molecule has 1 aromatic heterocycles. The quantitative estimate of drug-likeness (QED) is 0.428. The number of benzene rings is 1. The lowest BCUT2D eigenvalue weighted by Gasteiger charge is -2.15. The molecule has 2 atom stereocenters. The SMILES string of the molecule is C=CC.CCC(=N/C(=C(\C)N)c1nc2ccccc2[nH]1)O[C@@H]1CC[C@H](O)C1. The Balaban J connectivity index is 0.000000817. The first-order valence-electron chi connectivity index (χ1n) is 9.39. The van der Waals surface area contributed by atoms with Gasteiger partial charge in [0.15, 0.2) is 11.7 Å². The second-order valence-corrected chi connectivity index (χ2v) is 6.61. The fourth-order valence-corrected chi connectivity index (χ4v) is 2.92. The second kappa shape index (κ2) is 9.92. The van der Waals surface area contributed by atoms with Gasteiger partial charge >= 0.3 is 0 Å². The minimum Gasteiger partial charge on any atom is -0.477 e. The molecule has 1 fully saturated rings. The van der Waals surface area contributed by atoms with E-state index in [4.69, 9.17) is 10.5 Å². The van der Waals surface area contributed by atoms with E-state index in [9.17, 15) is 5.11 Å². The molecule has 6 nitrogen and oxygen atoms in total. The molecule has 0 bridgehead atoms. The van der Waals surface area contributed by atoms with E-state index in [0.717, 1.165) is 23.9 Å². The van der Waals surface area contributed by atoms with E-state index in [2.05, 4.69) is 21.5 Å². The third-order valence-corrected chi connectivity index (χ3v) is 4.19. The number of hydrogen-bond donors (Lipinski definition) is 3. The zero-order chi connectivity index (χ0) is 19.8. The monoisotopic (exact) mass is 370 g/mol. The Morgan fingerprint density at radius 2 is 2.15 bits per heavy atom. The zero-order valence-corrected chi connectivity index (χ0v) is 16.4. The summed E-state index contributed by atoms with van der Waals surface area (Å²) in [6.45, 7) is 9.05. The number of fused-ring (bicyclic) bond motifs is 1. The number of aliphatic imine (C=N–C) groups is 1. The van der Waals surface area contributed by atoms with Crippen LogP contribution >= 0.6 is 0 Å². The number of ether oxygens (including phenoxy) is 1. The van der Waals surface area contributed by atoms with Gasteiger partial charge in [0.2, 0.25) is 0 Å². The van der Waals surface area contributed by atoms with Crippen LogP contribution in [0.2, 0.25) is 0 Å². The van der Waals surface area contributed by atoms with Crippen LogP contribution in [0.4, 0.5) is 0 Å². The lowest BCUT2D eigenvalue weighted by atomic mass is 10.3. The van der Waals surface area contributed by atoms with Crippen LogP contribution in [-0.2, 0) is 4.74 Å². The van der Waals surface area contributed by atoms with Crippen molar-refractivity contribution in [3.05, 3.63) is 48.4 Å². The van der Waals surface area contributed by atoms with Gasteiger partial charge in [-0.05, 0) is 38.8 Å². The smallest absolute Gasteiger partial charge is 0.188 e. The highest BCUT2D eigenvalue weighted by atomic mass is 16.5. The summed E-state index contributed by atoms with van der Waals surface area (Å²) in [5.41, 5.74) is 9.04. The summed E-state index contributed by atoms with van der Waals surface area (Å²) in [5, 5.41) is 9.65. The van der Waals surface area contributed by atoms with Gasteiger partial charge in [0.05, 0.1) is 17.1 Å². The van der Waals surface area contributed by atoms with Gasteiger partial charge in [-0.3, -0.25) is 0 Å². The predicted octanol–water partition coefficient (Wildman–Crippen LogP) is 4.14. The largest absolute Gasteiger partial charge is 0.477 e. The molecular weight excluding hydrogens is 340 g/mol. The van der Waals surface area contributed by atoms with E-state index >= 15 is 0 Å². The summed E-state index contributed by atoms with van der Waals surface area (Å²) >= 11 is 0. The van der Waals surface area contributed by atoms with Crippen molar-refractivity contribution in [3.8, 4) is 0 Å². The Morgan fingerprint density at radius 1 is 1.44 bits per heavy atom. The third kappa shape index (κ3) is 5.69. The highest BCUT2D eigenvalue weighted by molar-refractivity contribution is 5.85. The van der Waals surface area contributed by atoms with Crippen LogP contribution in [0.25, 0.3) is 16.7 Å². The molecule has 1 aliphatic carbocycles. The molecule has 0 amide bonds. The van der Waals surface area contributed by atoms with Crippen molar-refractivity contribution in [2.75, 3.05) is 0 Å². The van der Waals surface area contributed by atoms with Crippen LogP contribution in [0.1, 0.15) is 52.3 Å². The third-order valence-electron chi connectivity index (χ3n) is 4.19. The number of imidazole rings is 1. The number of allylic oxidation sites excluding steroid dienone is 2. The lowest BCUT2D eigenvalue weighted by Crippen LogP contribution is -2.16. The van der Waals surface area contributed by atoms with Crippen molar-refractivity contribution in [3.63, 3.8) is 0 Å². The fourth-order valence-electron chi connectivity index (χ4n) is 2.92. The molecule has 1 aliphatic rings. The number of aromatic amines is 1. The van der Waals surface area contributed by atoms with E-state index in [1.807, 2.05) is 38.1 Å². The molecular formula is C21H30N4O2. The lowest BCUT2D eigenvalue weighted by molar-refractivity contribution is 0.142. The number of rotatable bonds is 4. The summed E-state index contributed by atoms with van der Waals surface area (Å²) in [5.74, 6) is 1.26. The first kappa shape index (κ1) is 20.7. The molecule has 4 N–H and O–H groups in total. The number of nitrogens with two attached hydrogens (primary N) is 1. The van der Waals surface area contributed by atoms with Crippen molar-refractivity contribution in [2.45, 2.75) is 58.7 Å². The number of aromatic nitrogens is 2. The number of hydrogen-bond acceptors (Lipinski definition) is 5. The fraction of sp³-hybridized carbons (Fsp3) is 0.429. The maximum Gasteiger partial charge on any atom is 0.188 e. The van der Waals surface area contributed by atoms with Crippen molar-refractivity contribution in [1.82, 2.24) is 9.97 Å². The maximum absolute atomic E-state index is 9.65. The number of nitrogens with zero attached hydrogens (tertiary/aromatic N) is 2. The topological polar surface area (TPSA) is 96.5 Å². The molecule has 1 saturated carbocycles. The van der Waals surface area contributed by atoms with Gasteiger partial charge in [0.25, 0.3) is 0 Å². The van der Waals surface area contributed by atoms with Crippen LogP contribution in [0.5, 0.6) is 0 Å². The number of para-hydroxylation sites is 2. The normalized spacial score (nSPS) is 20.7. The van der Waals surface area contributed by atoms with E-state index in [1.165, 1.54) is 0 Å². The molecule has 2 aromatic rings. The summed E-state index contributed by atoms with van der Waals surface area (Å²) < 4.78 is 5.97. The molecule has 0 radical (unpaired) electrons. The highest BCUT2D eigenvalue weighted by Crippen LogP contribution is 2.24. The summed E-state index contributed by atoms with van der Waals surface area (Å²) in [6, 6.07) is 7.81. The average Bonchev–Trinajstić information content (AvgIpc) is 3.24. The van der Waals surface area contributed by atoms with Crippen molar-refractivity contribution >= 4 is 22.6 Å². The van der Waals surface area contributed by atoms with Crippen molar-refractivity contribution < 1.29 is 9.84 Å². The van der Waals surface area contributed by atoms with Gasteiger partial charge in [-0.25, -0.2) is 9.98 Å². The highest BCUT2D eigenvalue weighted by Gasteiger charge is 2.25. The number of H-pyrrole nitrogens is 1. The van der Waals surface area contributed by atoms with Gasteiger partial charge < -0.3 is 20.6 Å². The summed E-state index contributed by atoms with van der Waals surface area (Å²) in [7, 11) is 0. The van der Waals surface area contributed by atoms with E-state index < -0.39 is 0 Å². The van der Waals surface area contributed by atoms with Crippen LogP contribution in [-0.4, -0.2) is 33.2 Å². The van der Waals surface area contributed by atoms with Gasteiger partial charge in [-0.15, -0.1) is 6.58 Å². The minimum atomic E-state index is -0.269. The number of aliphatic hydroxyl groups is 1. The number of nitrogens with one attached hydrogen (secondary N) is 1. The first-order chi connectivity index (χ1) is 13.0. The van der Waals surface area contributed by atoms with E-state index in [-0.39, 0.29) is 12.2 Å². The molecule has 1 aromatic carbocycles. The van der Waals surface area contributed by atoms with Crippen LogP contribution in [0.15, 0.2) is 47.6 Å². The predicted molar refractivity (Wildman–Crippen MR) is 111 cm³/mol. The van der Waals surface area contributed by atoms with Gasteiger partial charge in [-0.2, -0.15) is 0 Å². The molecule has 6 heteroatoms. The van der Waals surface area contributed by atoms with Crippen LogP contribution in [0.3, 0.4) is 0 Å². The van der Waals surface area contributed by atoms with Crippen LogP contribution < -0.4 is 5.73 Å². The van der Waals surface area contributed by atoms with Crippen molar-refractivity contribution in [2.24, 2.45) is 10.7 Å². The van der Waals surface area contributed by atoms with Crippen molar-refractivity contribution in [1.29, 1.82) is 0 Å². The molecule has 1 heterocycles. The molecule has 146 valence electrons. The molecule has 27 heavy (non-hydrogen) atoms. The van der Waals surface area contributed by atoms with Crippen LogP contribution in [0, 0.1) is 0 Å². The summed E-state index contributed by atoms with van der Waals surface area (Å²) in [6.07, 6.45) is 4.45.